The molecule has 1 aromatic carbocycles. The van der Waals surface area contributed by atoms with Gasteiger partial charge in [0.1, 0.15) is 0 Å². The third-order valence-corrected chi connectivity index (χ3v) is 4.14. The summed E-state index contributed by atoms with van der Waals surface area (Å²) < 4.78 is 0. The van der Waals surface area contributed by atoms with Crippen LogP contribution < -0.4 is 0 Å². The first kappa shape index (κ1) is 14.2. The lowest BCUT2D eigenvalue weighted by atomic mass is 9.79. The number of nitrogens with zero attached hydrogens (tertiary/aromatic N) is 1. The molecule has 3 nitrogen and oxygen atoms in total. The number of aliphatic hydroxyl groups excluding tert-OH is 2. The van der Waals surface area contributed by atoms with Gasteiger partial charge in [-0.3, -0.25) is 0 Å². The molecule has 1 heterocycles. The highest BCUT2D eigenvalue weighted by Gasteiger charge is 2.30. The van der Waals surface area contributed by atoms with Gasteiger partial charge in [0.2, 0.25) is 0 Å². The summed E-state index contributed by atoms with van der Waals surface area (Å²) >= 11 is 1.60. The molecular formula is C15H19NO2S. The summed E-state index contributed by atoms with van der Waals surface area (Å²) in [5, 5.41) is 22.5. The van der Waals surface area contributed by atoms with Crippen LogP contribution in [0.25, 0.3) is 0 Å². The van der Waals surface area contributed by atoms with Crippen LogP contribution in [0.4, 0.5) is 0 Å². The predicted molar refractivity (Wildman–Crippen MR) is 77.3 cm³/mol. The molecule has 0 aliphatic heterocycles. The largest absolute Gasteiger partial charge is 0.396 e. The van der Waals surface area contributed by atoms with Crippen molar-refractivity contribution in [3.63, 3.8) is 0 Å². The van der Waals surface area contributed by atoms with Crippen LogP contribution in [0.5, 0.6) is 0 Å². The third kappa shape index (κ3) is 3.62. The molecule has 2 aromatic rings. The van der Waals surface area contributed by atoms with Gasteiger partial charge in [-0.25, -0.2) is 4.98 Å². The van der Waals surface area contributed by atoms with E-state index in [1.165, 1.54) is 0 Å². The van der Waals surface area contributed by atoms with Crippen molar-refractivity contribution in [2.45, 2.75) is 19.8 Å². The van der Waals surface area contributed by atoms with E-state index in [4.69, 9.17) is 0 Å². The molecular weight excluding hydrogens is 258 g/mol. The Bertz CT molecular complexity index is 506. The Kier molecular flexibility index (Phi) is 4.69. The fourth-order valence-electron chi connectivity index (χ4n) is 2.24. The van der Waals surface area contributed by atoms with Gasteiger partial charge >= 0.3 is 0 Å². The zero-order valence-electron chi connectivity index (χ0n) is 11.0. The number of benzene rings is 1. The molecule has 0 saturated carbocycles. The summed E-state index contributed by atoms with van der Waals surface area (Å²) in [5.41, 5.74) is 1.53. The van der Waals surface area contributed by atoms with Crippen molar-refractivity contribution in [2.24, 2.45) is 5.41 Å². The molecule has 0 aliphatic carbocycles. The van der Waals surface area contributed by atoms with Gasteiger partial charge in [-0.15, -0.1) is 11.3 Å². The molecule has 19 heavy (non-hydrogen) atoms. The second-order valence-corrected chi connectivity index (χ2v) is 6.08. The highest BCUT2D eigenvalue weighted by atomic mass is 32.1. The van der Waals surface area contributed by atoms with E-state index in [-0.39, 0.29) is 13.2 Å². The molecule has 4 heteroatoms. The van der Waals surface area contributed by atoms with Crippen LogP contribution in [0.3, 0.4) is 0 Å². The maximum atomic E-state index is 9.72. The summed E-state index contributed by atoms with van der Waals surface area (Å²) in [6.07, 6.45) is 1.25. The second-order valence-electron chi connectivity index (χ2n) is 5.01. The van der Waals surface area contributed by atoms with Crippen LogP contribution in [0.2, 0.25) is 0 Å². The normalized spacial score (nSPS) is 11.7. The van der Waals surface area contributed by atoms with Crippen molar-refractivity contribution in [1.29, 1.82) is 0 Å². The SMILES string of the molecule is Cc1nc(CC(CO)(CO)Cc2ccccc2)cs1. The molecule has 0 unspecified atom stereocenters. The van der Waals surface area contributed by atoms with Gasteiger partial charge in [0.25, 0.3) is 0 Å². The summed E-state index contributed by atoms with van der Waals surface area (Å²) in [6, 6.07) is 9.95. The lowest BCUT2D eigenvalue weighted by Crippen LogP contribution is -2.35. The first-order valence-corrected chi connectivity index (χ1v) is 7.22. The van der Waals surface area contributed by atoms with Gasteiger partial charge in [0.15, 0.2) is 0 Å². The molecule has 2 rings (SSSR count). The van der Waals surface area contributed by atoms with Crippen molar-refractivity contribution in [3.05, 3.63) is 52.0 Å². The molecule has 2 N–H and O–H groups in total. The van der Waals surface area contributed by atoms with E-state index in [1.807, 2.05) is 42.6 Å². The number of hydrogen-bond acceptors (Lipinski definition) is 4. The van der Waals surface area contributed by atoms with Gasteiger partial charge in [0, 0.05) is 17.2 Å². The van der Waals surface area contributed by atoms with Gasteiger partial charge in [-0.1, -0.05) is 30.3 Å². The molecule has 102 valence electrons. The van der Waals surface area contributed by atoms with Crippen LogP contribution in [-0.4, -0.2) is 28.4 Å². The molecule has 0 radical (unpaired) electrons. The second kappa shape index (κ2) is 6.28. The van der Waals surface area contributed by atoms with Crippen molar-refractivity contribution in [1.82, 2.24) is 4.98 Å². The van der Waals surface area contributed by atoms with E-state index in [0.717, 1.165) is 16.3 Å². The van der Waals surface area contributed by atoms with E-state index >= 15 is 0 Å². The monoisotopic (exact) mass is 277 g/mol. The lowest BCUT2D eigenvalue weighted by Gasteiger charge is -2.29. The van der Waals surface area contributed by atoms with Crippen LogP contribution in [0.15, 0.2) is 35.7 Å². The Labute approximate surface area is 117 Å². The summed E-state index contributed by atoms with van der Waals surface area (Å²) in [5.74, 6) is 0. The van der Waals surface area contributed by atoms with Gasteiger partial charge < -0.3 is 10.2 Å². The van der Waals surface area contributed by atoms with E-state index in [2.05, 4.69) is 4.98 Å². The van der Waals surface area contributed by atoms with E-state index < -0.39 is 5.41 Å². The highest BCUT2D eigenvalue weighted by Crippen LogP contribution is 2.27. The standard InChI is InChI=1S/C15H19NO2S/c1-12-16-14(9-19-12)8-15(10-17,11-18)7-13-5-3-2-4-6-13/h2-6,9,17-18H,7-8,10-11H2,1H3. The number of aliphatic hydroxyl groups is 2. The minimum absolute atomic E-state index is 0.0467. The molecule has 0 fully saturated rings. The Morgan fingerprint density at radius 1 is 1.11 bits per heavy atom. The predicted octanol–water partition coefficient (Wildman–Crippen LogP) is 2.21. The van der Waals surface area contributed by atoms with E-state index in [1.54, 1.807) is 11.3 Å². The molecule has 0 atom stereocenters. The van der Waals surface area contributed by atoms with E-state index in [9.17, 15) is 10.2 Å². The van der Waals surface area contributed by atoms with Crippen LogP contribution in [-0.2, 0) is 12.8 Å². The average Bonchev–Trinajstić information content (AvgIpc) is 2.84. The smallest absolute Gasteiger partial charge is 0.0897 e. The summed E-state index contributed by atoms with van der Waals surface area (Å²) in [4.78, 5) is 4.43. The first-order chi connectivity index (χ1) is 9.17. The van der Waals surface area contributed by atoms with Crippen molar-refractivity contribution in [3.8, 4) is 0 Å². The fraction of sp³-hybridized carbons (Fsp3) is 0.400. The third-order valence-electron chi connectivity index (χ3n) is 3.32. The van der Waals surface area contributed by atoms with Crippen molar-refractivity contribution < 1.29 is 10.2 Å². The first-order valence-electron chi connectivity index (χ1n) is 6.34. The zero-order chi connectivity index (χ0) is 13.7. The number of aryl methyl sites for hydroxylation is 1. The molecule has 0 saturated heterocycles. The highest BCUT2D eigenvalue weighted by molar-refractivity contribution is 7.09. The van der Waals surface area contributed by atoms with Gasteiger partial charge in [0.05, 0.1) is 23.9 Å². The fourth-order valence-corrected chi connectivity index (χ4v) is 2.85. The Morgan fingerprint density at radius 2 is 1.79 bits per heavy atom. The molecule has 0 aliphatic rings. The lowest BCUT2D eigenvalue weighted by molar-refractivity contribution is 0.0541. The average molecular weight is 277 g/mol. The summed E-state index contributed by atoms with van der Waals surface area (Å²) in [6.45, 7) is 1.87. The number of thiazole rings is 1. The molecule has 0 spiro atoms. The Morgan fingerprint density at radius 3 is 2.32 bits per heavy atom. The Balaban J connectivity index is 2.17. The zero-order valence-corrected chi connectivity index (χ0v) is 11.9. The molecule has 0 bridgehead atoms. The summed E-state index contributed by atoms with van der Waals surface area (Å²) in [7, 11) is 0. The van der Waals surface area contributed by atoms with Crippen molar-refractivity contribution >= 4 is 11.3 Å². The number of rotatable bonds is 6. The topological polar surface area (TPSA) is 53.4 Å². The maximum absolute atomic E-state index is 9.72. The number of hydrogen-bond donors (Lipinski definition) is 2. The Hall–Kier alpha value is -1.23. The maximum Gasteiger partial charge on any atom is 0.0897 e. The minimum Gasteiger partial charge on any atom is -0.396 e. The number of aromatic nitrogens is 1. The van der Waals surface area contributed by atoms with Crippen LogP contribution in [0.1, 0.15) is 16.3 Å². The van der Waals surface area contributed by atoms with Gasteiger partial charge in [-0.05, 0) is 18.9 Å². The molecule has 0 amide bonds. The van der Waals surface area contributed by atoms with Crippen LogP contribution in [0, 0.1) is 12.3 Å². The van der Waals surface area contributed by atoms with Crippen molar-refractivity contribution in [2.75, 3.05) is 13.2 Å². The quantitative estimate of drug-likeness (QED) is 0.851. The van der Waals surface area contributed by atoms with E-state index in [0.29, 0.717) is 12.8 Å². The molecule has 1 aromatic heterocycles. The van der Waals surface area contributed by atoms with Crippen LogP contribution >= 0.6 is 11.3 Å². The van der Waals surface area contributed by atoms with Gasteiger partial charge in [-0.2, -0.15) is 0 Å². The minimum atomic E-state index is -0.540.